The van der Waals surface area contributed by atoms with E-state index in [1.54, 1.807) is 36.5 Å². The Balaban J connectivity index is 1.94. The Bertz CT molecular complexity index is 1090. The lowest BCUT2D eigenvalue weighted by Gasteiger charge is -2.05. The summed E-state index contributed by atoms with van der Waals surface area (Å²) in [6.07, 6.45) is 4.45. The van der Waals surface area contributed by atoms with E-state index >= 15 is 0 Å². The van der Waals surface area contributed by atoms with Gasteiger partial charge in [0.15, 0.2) is 5.78 Å². The summed E-state index contributed by atoms with van der Waals surface area (Å²) in [6, 6.07) is 8.33. The molecule has 8 heteroatoms. The summed E-state index contributed by atoms with van der Waals surface area (Å²) in [5.41, 5.74) is 1.67. The number of carbonyl (C=O) groups is 1. The van der Waals surface area contributed by atoms with Gasteiger partial charge in [-0.3, -0.25) is 9.78 Å². The molecule has 0 radical (unpaired) electrons. The number of carbonyl (C=O) groups excluding carboxylic acids is 1. The fraction of sp³-hybridized carbons (Fsp3) is 0.118. The van der Waals surface area contributed by atoms with Crippen molar-refractivity contribution < 1.29 is 14.4 Å². The largest absolute Gasteiger partial charge is 0.594 e. The summed E-state index contributed by atoms with van der Waals surface area (Å²) in [6.45, 7) is 2.37. The number of hydrogen-bond donors (Lipinski definition) is 0. The van der Waals surface area contributed by atoms with E-state index in [0.717, 1.165) is 0 Å². The maximum atomic E-state index is 12.7. The Kier molecular flexibility index (Phi) is 3.50. The van der Waals surface area contributed by atoms with Crippen LogP contribution in [0.3, 0.4) is 0 Å². The van der Waals surface area contributed by atoms with Crippen molar-refractivity contribution in [3.8, 4) is 5.75 Å². The van der Waals surface area contributed by atoms with Gasteiger partial charge in [0, 0.05) is 35.2 Å². The predicted molar refractivity (Wildman–Crippen MR) is 88.3 cm³/mol. The first-order chi connectivity index (χ1) is 12.2. The van der Waals surface area contributed by atoms with E-state index in [9.17, 15) is 10.0 Å². The Labute approximate surface area is 141 Å². The van der Waals surface area contributed by atoms with Crippen molar-refractivity contribution in [1.29, 1.82) is 0 Å². The quantitative estimate of drug-likeness (QED) is 0.319. The number of fused-ring (bicyclic) bond motifs is 3. The Hall–Kier alpha value is -3.55. The normalized spacial score (nSPS) is 11.1. The number of nitrogens with zero attached hydrogens (tertiary/aromatic N) is 5. The minimum atomic E-state index is -0.295. The topological polar surface area (TPSA) is 96.3 Å². The highest BCUT2D eigenvalue weighted by Crippen LogP contribution is 2.21. The third kappa shape index (κ3) is 2.44. The highest BCUT2D eigenvalue weighted by atomic mass is 16.5. The molecule has 0 spiro atoms. The van der Waals surface area contributed by atoms with Gasteiger partial charge in [-0.1, -0.05) is 0 Å². The summed E-state index contributed by atoms with van der Waals surface area (Å²) in [5.74, 6) is 0.314. The number of hydrogen-bond acceptors (Lipinski definition) is 6. The van der Waals surface area contributed by atoms with Crippen molar-refractivity contribution in [1.82, 2.24) is 19.7 Å². The second kappa shape index (κ2) is 5.82. The molecule has 0 saturated heterocycles. The van der Waals surface area contributed by atoms with E-state index in [-0.39, 0.29) is 17.0 Å². The molecule has 0 unspecified atom stereocenters. The van der Waals surface area contributed by atoms with Crippen LogP contribution in [0.2, 0.25) is 0 Å². The number of ketones is 1. The van der Waals surface area contributed by atoms with Gasteiger partial charge in [0.1, 0.15) is 11.3 Å². The van der Waals surface area contributed by atoms with E-state index < -0.39 is 0 Å². The molecule has 1 aromatic carbocycles. The molecule has 0 N–H and O–H groups in total. The van der Waals surface area contributed by atoms with Crippen molar-refractivity contribution in [2.75, 3.05) is 6.61 Å². The lowest BCUT2D eigenvalue weighted by Crippen LogP contribution is -2.33. The molecule has 4 rings (SSSR count). The first-order valence-corrected chi connectivity index (χ1v) is 7.68. The Morgan fingerprint density at radius 2 is 2.20 bits per heavy atom. The monoisotopic (exact) mass is 335 g/mol. The highest BCUT2D eigenvalue weighted by Gasteiger charge is 2.21. The zero-order valence-corrected chi connectivity index (χ0v) is 13.3. The Morgan fingerprint density at radius 1 is 1.32 bits per heavy atom. The molecule has 3 aromatic heterocycles. The second-order valence-electron chi connectivity index (χ2n) is 5.32. The zero-order valence-electron chi connectivity index (χ0n) is 13.3. The van der Waals surface area contributed by atoms with Gasteiger partial charge in [-0.2, -0.15) is 5.10 Å². The van der Waals surface area contributed by atoms with Crippen LogP contribution in [-0.4, -0.2) is 32.1 Å². The number of pyridine rings is 1. The van der Waals surface area contributed by atoms with Crippen LogP contribution in [0.25, 0.3) is 16.7 Å². The third-order valence-corrected chi connectivity index (χ3v) is 3.79. The number of aromatic nitrogens is 5. The average Bonchev–Trinajstić information content (AvgIpc) is 3.06. The van der Waals surface area contributed by atoms with Crippen molar-refractivity contribution in [2.45, 2.75) is 6.92 Å². The third-order valence-electron chi connectivity index (χ3n) is 3.79. The molecule has 0 aliphatic rings. The van der Waals surface area contributed by atoms with Gasteiger partial charge in [0.05, 0.1) is 18.4 Å². The molecule has 0 fully saturated rings. The molecule has 3 heterocycles. The second-order valence-corrected chi connectivity index (χ2v) is 5.32. The minimum absolute atomic E-state index is 0.185. The van der Waals surface area contributed by atoms with Gasteiger partial charge in [-0.05, 0) is 30.0 Å². The lowest BCUT2D eigenvalue weighted by atomic mass is 10.1. The van der Waals surface area contributed by atoms with Gasteiger partial charge < -0.3 is 9.94 Å². The highest BCUT2D eigenvalue weighted by molar-refractivity contribution is 6.12. The molecule has 124 valence electrons. The molecule has 0 aliphatic heterocycles. The minimum Gasteiger partial charge on any atom is -0.594 e. The summed E-state index contributed by atoms with van der Waals surface area (Å²) in [5, 5.41) is 20.5. The van der Waals surface area contributed by atoms with Gasteiger partial charge in [-0.15, -0.1) is 0 Å². The van der Waals surface area contributed by atoms with E-state index in [1.807, 2.05) is 6.92 Å². The van der Waals surface area contributed by atoms with Crippen LogP contribution in [0.1, 0.15) is 22.8 Å². The van der Waals surface area contributed by atoms with Crippen molar-refractivity contribution in [3.63, 3.8) is 0 Å². The lowest BCUT2D eigenvalue weighted by molar-refractivity contribution is -0.640. The van der Waals surface area contributed by atoms with Crippen LogP contribution in [0.15, 0.2) is 48.9 Å². The predicted octanol–water partition coefficient (Wildman–Crippen LogP) is 1.54. The molecule has 0 aliphatic carbocycles. The summed E-state index contributed by atoms with van der Waals surface area (Å²) in [4.78, 5) is 17.1. The van der Waals surface area contributed by atoms with Crippen LogP contribution in [0.4, 0.5) is 0 Å². The standard InChI is InChI=1S/C17H13N5O3/c1-2-25-12-5-6-14-15(8-12)21-17(20-22(14)24)13(10-19-21)16(23)11-4-3-7-18-9-11/h3-10H,2H2,1H3. The van der Waals surface area contributed by atoms with Gasteiger partial charge >= 0.3 is 0 Å². The van der Waals surface area contributed by atoms with Crippen LogP contribution in [0, 0.1) is 5.21 Å². The van der Waals surface area contributed by atoms with Crippen molar-refractivity contribution in [2.24, 2.45) is 0 Å². The zero-order chi connectivity index (χ0) is 17.4. The molecule has 0 saturated carbocycles. The van der Waals surface area contributed by atoms with Crippen LogP contribution < -0.4 is 9.58 Å². The van der Waals surface area contributed by atoms with Crippen LogP contribution >= 0.6 is 0 Å². The number of benzene rings is 1. The molecule has 0 bridgehead atoms. The fourth-order valence-corrected chi connectivity index (χ4v) is 2.66. The van der Waals surface area contributed by atoms with Crippen LogP contribution in [0.5, 0.6) is 5.75 Å². The van der Waals surface area contributed by atoms with Gasteiger partial charge in [0.2, 0.25) is 5.65 Å². The molecule has 0 amide bonds. The van der Waals surface area contributed by atoms with Gasteiger partial charge in [0.25, 0.3) is 5.52 Å². The van der Waals surface area contributed by atoms with E-state index in [0.29, 0.717) is 33.8 Å². The summed E-state index contributed by atoms with van der Waals surface area (Å²) >= 11 is 0. The first kappa shape index (κ1) is 15.0. The van der Waals surface area contributed by atoms with E-state index in [1.165, 1.54) is 16.9 Å². The molecular weight excluding hydrogens is 322 g/mol. The van der Waals surface area contributed by atoms with Gasteiger partial charge in [-0.25, -0.2) is 4.52 Å². The molecule has 8 nitrogen and oxygen atoms in total. The SMILES string of the molecule is CCOc1ccc2c(c1)n1ncc(C(=O)c3cccnc3)c1n[n+]2[O-]. The summed E-state index contributed by atoms with van der Waals surface area (Å²) < 4.78 is 6.95. The molecule has 4 aromatic rings. The molecule has 0 atom stereocenters. The number of ether oxygens (including phenoxy) is 1. The van der Waals surface area contributed by atoms with E-state index in [2.05, 4.69) is 15.2 Å². The first-order valence-electron chi connectivity index (χ1n) is 7.68. The number of rotatable bonds is 4. The Morgan fingerprint density at radius 3 is 2.96 bits per heavy atom. The van der Waals surface area contributed by atoms with Crippen molar-refractivity contribution in [3.05, 3.63) is 65.3 Å². The van der Waals surface area contributed by atoms with E-state index in [4.69, 9.17) is 4.74 Å². The average molecular weight is 335 g/mol. The maximum Gasteiger partial charge on any atom is 0.270 e. The molecular formula is C17H13N5O3. The smallest absolute Gasteiger partial charge is 0.270 e. The maximum absolute atomic E-state index is 12.7. The summed E-state index contributed by atoms with van der Waals surface area (Å²) in [7, 11) is 0. The fourth-order valence-electron chi connectivity index (χ4n) is 2.66. The van der Waals surface area contributed by atoms with Crippen molar-refractivity contribution >= 4 is 22.5 Å². The van der Waals surface area contributed by atoms with Crippen LogP contribution in [-0.2, 0) is 0 Å². The molecule has 25 heavy (non-hydrogen) atoms.